The lowest BCUT2D eigenvalue weighted by molar-refractivity contribution is 0.0811. The molecular weight excluding hydrogens is 276 g/mol. The van der Waals surface area contributed by atoms with Gasteiger partial charge in [0.1, 0.15) is 0 Å². The fourth-order valence-corrected chi connectivity index (χ4v) is 2.87. The van der Waals surface area contributed by atoms with Crippen LogP contribution in [0.3, 0.4) is 0 Å². The van der Waals surface area contributed by atoms with Crippen molar-refractivity contribution in [3.63, 3.8) is 0 Å². The number of hydrogen-bond donors (Lipinski definition) is 2. The minimum absolute atomic E-state index is 0.00309. The van der Waals surface area contributed by atoms with Crippen LogP contribution < -0.4 is 5.32 Å². The summed E-state index contributed by atoms with van der Waals surface area (Å²) in [6, 6.07) is 5.15. The van der Waals surface area contributed by atoms with E-state index in [1.54, 1.807) is 17.0 Å². The summed E-state index contributed by atoms with van der Waals surface area (Å²) < 4.78 is 0. The molecule has 1 aliphatic rings. The van der Waals surface area contributed by atoms with Gasteiger partial charge in [-0.1, -0.05) is 24.6 Å². The summed E-state index contributed by atoms with van der Waals surface area (Å²) in [5.41, 5.74) is 1.69. The normalized spacial score (nSPS) is 22.7. The average Bonchev–Trinajstić information content (AvgIpc) is 2.42. The largest absolute Gasteiger partial charge is 0.394 e. The van der Waals surface area contributed by atoms with Crippen molar-refractivity contribution in [1.29, 1.82) is 0 Å². The van der Waals surface area contributed by atoms with Gasteiger partial charge in [0, 0.05) is 17.3 Å². The number of nitrogens with zero attached hydrogens (tertiary/aromatic N) is 1. The average molecular weight is 297 g/mol. The maximum absolute atomic E-state index is 12.4. The van der Waals surface area contributed by atoms with Crippen molar-refractivity contribution in [2.24, 2.45) is 5.92 Å². The number of aliphatic hydroxyl groups excluding tert-OH is 1. The number of rotatable bonds is 2. The molecule has 1 heterocycles. The molecule has 2 atom stereocenters. The zero-order valence-corrected chi connectivity index (χ0v) is 12.7. The SMILES string of the molecule is Cc1ccc(Cl)cc1NC(=O)N1CCCC(C)C1CO. The van der Waals surface area contributed by atoms with Crippen LogP contribution in [0.15, 0.2) is 18.2 Å². The molecule has 1 aromatic rings. The number of benzene rings is 1. The Balaban J connectivity index is 2.12. The van der Waals surface area contributed by atoms with E-state index in [1.165, 1.54) is 0 Å². The number of nitrogens with one attached hydrogen (secondary N) is 1. The van der Waals surface area contributed by atoms with Crippen LogP contribution in [-0.2, 0) is 0 Å². The molecule has 0 radical (unpaired) electrons. The number of urea groups is 1. The third kappa shape index (κ3) is 3.25. The molecule has 0 saturated carbocycles. The van der Waals surface area contributed by atoms with E-state index in [-0.39, 0.29) is 18.7 Å². The molecule has 1 aliphatic heterocycles. The molecule has 0 bridgehead atoms. The van der Waals surface area contributed by atoms with Gasteiger partial charge in [-0.25, -0.2) is 4.79 Å². The van der Waals surface area contributed by atoms with Crippen molar-refractivity contribution in [3.8, 4) is 0 Å². The molecule has 2 rings (SSSR count). The maximum Gasteiger partial charge on any atom is 0.322 e. The number of carbonyl (C=O) groups is 1. The molecule has 110 valence electrons. The van der Waals surface area contributed by atoms with Gasteiger partial charge in [-0.3, -0.25) is 0 Å². The first-order valence-corrected chi connectivity index (χ1v) is 7.35. The van der Waals surface area contributed by atoms with E-state index in [1.807, 2.05) is 13.0 Å². The van der Waals surface area contributed by atoms with Crippen molar-refractivity contribution < 1.29 is 9.90 Å². The predicted octanol–water partition coefficient (Wildman–Crippen LogP) is 3.27. The fourth-order valence-electron chi connectivity index (χ4n) is 2.70. The molecular formula is C15H21ClN2O2. The third-order valence-corrected chi connectivity index (χ3v) is 4.24. The van der Waals surface area contributed by atoms with Gasteiger partial charge in [0.25, 0.3) is 0 Å². The van der Waals surface area contributed by atoms with E-state index in [0.717, 1.165) is 24.1 Å². The lowest BCUT2D eigenvalue weighted by Gasteiger charge is -2.39. The van der Waals surface area contributed by atoms with E-state index in [2.05, 4.69) is 12.2 Å². The van der Waals surface area contributed by atoms with Gasteiger partial charge in [0.2, 0.25) is 0 Å². The number of anilines is 1. The topological polar surface area (TPSA) is 52.6 Å². The summed E-state index contributed by atoms with van der Waals surface area (Å²) >= 11 is 5.96. The van der Waals surface area contributed by atoms with Crippen LogP contribution >= 0.6 is 11.6 Å². The van der Waals surface area contributed by atoms with Crippen LogP contribution in [0.5, 0.6) is 0 Å². The number of piperidine rings is 1. The molecule has 20 heavy (non-hydrogen) atoms. The van der Waals surface area contributed by atoms with Crippen LogP contribution in [0.2, 0.25) is 5.02 Å². The van der Waals surface area contributed by atoms with Crippen molar-refractivity contribution in [2.45, 2.75) is 32.7 Å². The van der Waals surface area contributed by atoms with Gasteiger partial charge in [-0.05, 0) is 43.4 Å². The zero-order chi connectivity index (χ0) is 14.7. The highest BCUT2D eigenvalue weighted by molar-refractivity contribution is 6.31. The number of aliphatic hydroxyl groups is 1. The Labute approximate surface area is 124 Å². The Hall–Kier alpha value is -1.26. The van der Waals surface area contributed by atoms with E-state index in [4.69, 9.17) is 11.6 Å². The van der Waals surface area contributed by atoms with Crippen LogP contribution in [0, 0.1) is 12.8 Å². The minimum Gasteiger partial charge on any atom is -0.394 e. The predicted molar refractivity (Wildman–Crippen MR) is 81.2 cm³/mol. The van der Waals surface area contributed by atoms with Crippen molar-refractivity contribution in [2.75, 3.05) is 18.5 Å². The molecule has 4 nitrogen and oxygen atoms in total. The molecule has 1 fully saturated rings. The van der Waals surface area contributed by atoms with Gasteiger partial charge < -0.3 is 15.3 Å². The quantitative estimate of drug-likeness (QED) is 0.880. The molecule has 0 spiro atoms. The van der Waals surface area contributed by atoms with Crippen LogP contribution in [0.4, 0.5) is 10.5 Å². The molecule has 1 aromatic carbocycles. The monoisotopic (exact) mass is 296 g/mol. The summed E-state index contributed by atoms with van der Waals surface area (Å²) in [4.78, 5) is 14.1. The summed E-state index contributed by atoms with van der Waals surface area (Å²) in [5, 5.41) is 13.0. The number of amides is 2. The number of carbonyl (C=O) groups excluding carboxylic acids is 1. The first-order chi connectivity index (χ1) is 9.52. The van der Waals surface area contributed by atoms with Gasteiger partial charge in [-0.2, -0.15) is 0 Å². The Morgan fingerprint density at radius 1 is 1.55 bits per heavy atom. The van der Waals surface area contributed by atoms with Crippen LogP contribution in [0.25, 0.3) is 0 Å². The standard InChI is InChI=1S/C15H21ClN2O2/c1-10-5-6-12(16)8-13(10)17-15(20)18-7-3-4-11(2)14(18)9-19/h5-6,8,11,14,19H,3-4,7,9H2,1-2H3,(H,17,20). The third-order valence-electron chi connectivity index (χ3n) is 4.00. The Kier molecular flexibility index (Phi) is 4.89. The van der Waals surface area contributed by atoms with Crippen molar-refractivity contribution in [3.05, 3.63) is 28.8 Å². The molecule has 2 N–H and O–H groups in total. The summed E-state index contributed by atoms with van der Waals surface area (Å²) in [6.07, 6.45) is 2.02. The smallest absolute Gasteiger partial charge is 0.322 e. The number of halogens is 1. The Morgan fingerprint density at radius 2 is 2.30 bits per heavy atom. The summed E-state index contributed by atoms with van der Waals surface area (Å²) in [5.74, 6) is 0.319. The Bertz CT molecular complexity index is 493. The number of likely N-dealkylation sites (tertiary alicyclic amines) is 1. The van der Waals surface area contributed by atoms with Crippen molar-refractivity contribution >= 4 is 23.3 Å². The lowest BCUT2D eigenvalue weighted by atomic mass is 9.91. The van der Waals surface area contributed by atoms with Gasteiger partial charge in [0.15, 0.2) is 0 Å². The molecule has 5 heteroatoms. The van der Waals surface area contributed by atoms with Gasteiger partial charge in [-0.15, -0.1) is 0 Å². The summed E-state index contributed by atoms with van der Waals surface area (Å²) in [7, 11) is 0. The van der Waals surface area contributed by atoms with Gasteiger partial charge in [0.05, 0.1) is 12.6 Å². The molecule has 2 amide bonds. The first kappa shape index (κ1) is 15.1. The van der Waals surface area contributed by atoms with E-state index < -0.39 is 0 Å². The molecule has 0 aromatic heterocycles. The minimum atomic E-state index is -0.166. The lowest BCUT2D eigenvalue weighted by Crippen LogP contribution is -2.51. The second-order valence-corrected chi connectivity index (χ2v) is 5.89. The second kappa shape index (κ2) is 6.46. The van der Waals surface area contributed by atoms with E-state index in [0.29, 0.717) is 17.5 Å². The second-order valence-electron chi connectivity index (χ2n) is 5.45. The summed E-state index contributed by atoms with van der Waals surface area (Å²) in [6.45, 7) is 4.68. The highest BCUT2D eigenvalue weighted by Crippen LogP contribution is 2.25. The zero-order valence-electron chi connectivity index (χ0n) is 11.9. The number of aryl methyl sites for hydroxylation is 1. The molecule has 2 unspecified atom stereocenters. The van der Waals surface area contributed by atoms with E-state index >= 15 is 0 Å². The fraction of sp³-hybridized carbons (Fsp3) is 0.533. The number of hydrogen-bond acceptors (Lipinski definition) is 2. The molecule has 0 aliphatic carbocycles. The van der Waals surface area contributed by atoms with Crippen molar-refractivity contribution in [1.82, 2.24) is 4.90 Å². The van der Waals surface area contributed by atoms with Crippen LogP contribution in [-0.4, -0.2) is 35.2 Å². The first-order valence-electron chi connectivity index (χ1n) is 6.97. The molecule has 1 saturated heterocycles. The maximum atomic E-state index is 12.4. The van der Waals surface area contributed by atoms with Crippen LogP contribution in [0.1, 0.15) is 25.3 Å². The van der Waals surface area contributed by atoms with E-state index in [9.17, 15) is 9.90 Å². The highest BCUT2D eigenvalue weighted by Gasteiger charge is 2.31. The highest BCUT2D eigenvalue weighted by atomic mass is 35.5. The van der Waals surface area contributed by atoms with Gasteiger partial charge >= 0.3 is 6.03 Å². The Morgan fingerprint density at radius 3 is 3.00 bits per heavy atom.